The molecule has 118 valence electrons. The van der Waals surface area contributed by atoms with E-state index in [4.69, 9.17) is 20.9 Å². The minimum absolute atomic E-state index is 0.239. The highest BCUT2D eigenvalue weighted by Crippen LogP contribution is 2.09. The first-order valence-electron chi connectivity index (χ1n) is 7.03. The Kier molecular flexibility index (Phi) is 8.42. The molecule has 0 aromatic heterocycles. The number of rotatable bonds is 11. The number of anilines is 1. The fourth-order valence-corrected chi connectivity index (χ4v) is 1.95. The average Bonchev–Trinajstić information content (AvgIpc) is 2.44. The maximum absolute atomic E-state index is 11.1. The quantitative estimate of drug-likeness (QED) is 0.461. The summed E-state index contributed by atoms with van der Waals surface area (Å²) in [7, 11) is 1.64. The molecule has 1 amide bonds. The van der Waals surface area contributed by atoms with E-state index in [1.54, 1.807) is 7.11 Å². The van der Waals surface area contributed by atoms with Gasteiger partial charge in [-0.3, -0.25) is 9.69 Å². The van der Waals surface area contributed by atoms with Gasteiger partial charge in [0.05, 0.1) is 19.8 Å². The lowest BCUT2D eigenvalue weighted by molar-refractivity contribution is -0.119. The molecule has 0 aliphatic rings. The summed E-state index contributed by atoms with van der Waals surface area (Å²) in [6.45, 7) is 3.48. The minimum Gasteiger partial charge on any atom is -0.399 e. The smallest absolute Gasteiger partial charge is 0.231 e. The SMILES string of the molecule is COCCOCCCN(CC(N)=O)Cc1ccc(N)cc1. The molecule has 4 N–H and O–H groups in total. The molecule has 0 saturated heterocycles. The molecule has 0 fully saturated rings. The van der Waals surface area contributed by atoms with Gasteiger partial charge < -0.3 is 20.9 Å². The molecule has 6 heteroatoms. The molecule has 0 radical (unpaired) electrons. The third-order valence-corrected chi connectivity index (χ3v) is 2.96. The zero-order valence-electron chi connectivity index (χ0n) is 12.6. The highest BCUT2D eigenvalue weighted by Gasteiger charge is 2.09. The van der Waals surface area contributed by atoms with Crippen molar-refractivity contribution in [2.45, 2.75) is 13.0 Å². The van der Waals surface area contributed by atoms with Crippen LogP contribution in [0.25, 0.3) is 0 Å². The topological polar surface area (TPSA) is 90.8 Å². The van der Waals surface area contributed by atoms with Gasteiger partial charge >= 0.3 is 0 Å². The van der Waals surface area contributed by atoms with Crippen LogP contribution in [-0.4, -0.2) is 50.8 Å². The van der Waals surface area contributed by atoms with Crippen molar-refractivity contribution < 1.29 is 14.3 Å². The number of hydrogen-bond acceptors (Lipinski definition) is 5. The second kappa shape index (κ2) is 10.1. The van der Waals surface area contributed by atoms with Gasteiger partial charge in [-0.05, 0) is 24.1 Å². The normalized spacial score (nSPS) is 11.0. The zero-order valence-corrected chi connectivity index (χ0v) is 12.6. The van der Waals surface area contributed by atoms with Crippen molar-refractivity contribution >= 4 is 11.6 Å². The molecule has 1 rings (SSSR count). The Hall–Kier alpha value is -1.63. The van der Waals surface area contributed by atoms with Gasteiger partial charge in [-0.25, -0.2) is 0 Å². The van der Waals surface area contributed by atoms with Crippen molar-refractivity contribution in [1.82, 2.24) is 4.90 Å². The number of methoxy groups -OCH3 is 1. The number of carbonyl (C=O) groups is 1. The zero-order chi connectivity index (χ0) is 15.5. The Morgan fingerprint density at radius 1 is 1.19 bits per heavy atom. The molecule has 0 aliphatic heterocycles. The highest BCUT2D eigenvalue weighted by molar-refractivity contribution is 5.75. The van der Waals surface area contributed by atoms with Crippen LogP contribution in [0.15, 0.2) is 24.3 Å². The van der Waals surface area contributed by atoms with Gasteiger partial charge in [0.2, 0.25) is 5.91 Å². The number of nitrogen functional groups attached to an aromatic ring is 1. The summed E-state index contributed by atoms with van der Waals surface area (Å²) >= 11 is 0. The molecule has 6 nitrogen and oxygen atoms in total. The minimum atomic E-state index is -0.328. The Bertz CT molecular complexity index is 409. The number of ether oxygens (including phenoxy) is 2. The van der Waals surface area contributed by atoms with Gasteiger partial charge in [-0.2, -0.15) is 0 Å². The summed E-state index contributed by atoms with van der Waals surface area (Å²) in [5.41, 5.74) is 12.8. The molecule has 21 heavy (non-hydrogen) atoms. The third-order valence-electron chi connectivity index (χ3n) is 2.96. The van der Waals surface area contributed by atoms with E-state index in [0.29, 0.717) is 26.4 Å². The van der Waals surface area contributed by atoms with Crippen molar-refractivity contribution in [3.8, 4) is 0 Å². The van der Waals surface area contributed by atoms with Gasteiger partial charge in [0.1, 0.15) is 0 Å². The molecule has 0 heterocycles. The summed E-state index contributed by atoms with van der Waals surface area (Å²) in [4.78, 5) is 13.1. The summed E-state index contributed by atoms with van der Waals surface area (Å²) in [6, 6.07) is 7.62. The van der Waals surface area contributed by atoms with Crippen LogP contribution >= 0.6 is 0 Å². The molecule has 0 atom stereocenters. The van der Waals surface area contributed by atoms with E-state index in [-0.39, 0.29) is 12.5 Å². The maximum Gasteiger partial charge on any atom is 0.231 e. The van der Waals surface area contributed by atoms with Crippen LogP contribution in [0.4, 0.5) is 5.69 Å². The second-order valence-corrected chi connectivity index (χ2v) is 4.88. The standard InChI is InChI=1S/C15H25N3O3/c1-20-9-10-21-8-2-7-18(12-15(17)19)11-13-3-5-14(16)6-4-13/h3-6H,2,7-12,16H2,1H3,(H2,17,19). The third kappa shape index (κ3) is 8.29. The number of hydrogen-bond donors (Lipinski definition) is 2. The predicted molar refractivity (Wildman–Crippen MR) is 82.6 cm³/mol. The lowest BCUT2D eigenvalue weighted by Crippen LogP contribution is -2.34. The Balaban J connectivity index is 2.36. The number of amides is 1. The first-order valence-corrected chi connectivity index (χ1v) is 7.03. The molecule has 0 aliphatic carbocycles. The molecule has 0 unspecified atom stereocenters. The largest absolute Gasteiger partial charge is 0.399 e. The average molecular weight is 295 g/mol. The molecule has 0 saturated carbocycles. The summed E-state index contributed by atoms with van der Waals surface area (Å²) in [5, 5.41) is 0. The van der Waals surface area contributed by atoms with Crippen molar-refractivity contribution in [3.05, 3.63) is 29.8 Å². The van der Waals surface area contributed by atoms with E-state index >= 15 is 0 Å². The lowest BCUT2D eigenvalue weighted by atomic mass is 10.2. The maximum atomic E-state index is 11.1. The van der Waals surface area contributed by atoms with Crippen LogP contribution in [0.3, 0.4) is 0 Å². The first kappa shape index (κ1) is 17.4. The molecular weight excluding hydrogens is 270 g/mol. The Labute approximate surface area is 126 Å². The fraction of sp³-hybridized carbons (Fsp3) is 0.533. The molecule has 1 aromatic carbocycles. The van der Waals surface area contributed by atoms with Gasteiger partial charge in [0.25, 0.3) is 0 Å². The van der Waals surface area contributed by atoms with Gasteiger partial charge in [-0.15, -0.1) is 0 Å². The van der Waals surface area contributed by atoms with E-state index in [9.17, 15) is 4.79 Å². The Morgan fingerprint density at radius 2 is 1.90 bits per heavy atom. The number of primary amides is 1. The summed E-state index contributed by atoms with van der Waals surface area (Å²) in [6.07, 6.45) is 0.839. The molecule has 0 bridgehead atoms. The van der Waals surface area contributed by atoms with Crippen LogP contribution < -0.4 is 11.5 Å². The molecule has 1 aromatic rings. The van der Waals surface area contributed by atoms with Gasteiger partial charge in [0, 0.05) is 32.5 Å². The fourth-order valence-electron chi connectivity index (χ4n) is 1.95. The number of nitrogens with zero attached hydrogens (tertiary/aromatic N) is 1. The van der Waals surface area contributed by atoms with Crippen molar-refractivity contribution in [2.75, 3.05) is 45.8 Å². The van der Waals surface area contributed by atoms with E-state index < -0.39 is 0 Å². The predicted octanol–water partition coefficient (Wildman–Crippen LogP) is 0.609. The number of nitrogens with two attached hydrogens (primary N) is 2. The molecule has 0 spiro atoms. The van der Waals surface area contributed by atoms with Gasteiger partial charge in [0.15, 0.2) is 0 Å². The summed E-state index contributed by atoms with van der Waals surface area (Å²) < 4.78 is 10.3. The Morgan fingerprint density at radius 3 is 2.52 bits per heavy atom. The van der Waals surface area contributed by atoms with Crippen LogP contribution in [0.2, 0.25) is 0 Å². The van der Waals surface area contributed by atoms with Crippen LogP contribution in [0.5, 0.6) is 0 Å². The van der Waals surface area contributed by atoms with Crippen LogP contribution in [-0.2, 0) is 20.8 Å². The lowest BCUT2D eigenvalue weighted by Gasteiger charge is -2.20. The van der Waals surface area contributed by atoms with E-state index in [2.05, 4.69) is 0 Å². The van der Waals surface area contributed by atoms with Crippen molar-refractivity contribution in [1.29, 1.82) is 0 Å². The monoisotopic (exact) mass is 295 g/mol. The van der Waals surface area contributed by atoms with E-state index in [1.807, 2.05) is 29.2 Å². The summed E-state index contributed by atoms with van der Waals surface area (Å²) in [5.74, 6) is -0.328. The van der Waals surface area contributed by atoms with Gasteiger partial charge in [-0.1, -0.05) is 12.1 Å². The number of benzene rings is 1. The van der Waals surface area contributed by atoms with Crippen molar-refractivity contribution in [2.24, 2.45) is 5.73 Å². The second-order valence-electron chi connectivity index (χ2n) is 4.88. The van der Waals surface area contributed by atoms with Crippen LogP contribution in [0, 0.1) is 0 Å². The van der Waals surface area contributed by atoms with Crippen LogP contribution in [0.1, 0.15) is 12.0 Å². The highest BCUT2D eigenvalue weighted by atomic mass is 16.5. The number of carbonyl (C=O) groups excluding carboxylic acids is 1. The first-order chi connectivity index (χ1) is 10.1. The van der Waals surface area contributed by atoms with E-state index in [1.165, 1.54) is 0 Å². The molecular formula is C15H25N3O3. The van der Waals surface area contributed by atoms with E-state index in [0.717, 1.165) is 24.2 Å². The van der Waals surface area contributed by atoms with Crippen molar-refractivity contribution in [3.63, 3.8) is 0 Å².